The van der Waals surface area contributed by atoms with Crippen LogP contribution in [-0.2, 0) is 9.84 Å². The van der Waals surface area contributed by atoms with E-state index >= 15 is 0 Å². The van der Waals surface area contributed by atoms with Crippen LogP contribution in [0.5, 0.6) is 0 Å². The number of hydrogen-bond donors (Lipinski definition) is 1. The molecule has 152 valence electrons. The molecule has 0 aliphatic carbocycles. The number of benzene rings is 2. The first-order valence-corrected chi connectivity index (χ1v) is 11.0. The topological polar surface area (TPSA) is 102 Å². The van der Waals surface area contributed by atoms with Gasteiger partial charge >= 0.3 is 0 Å². The number of aromatic nitrogens is 2. The average molecular weight is 421 g/mol. The predicted octanol–water partition coefficient (Wildman–Crippen LogP) is 4.24. The average Bonchev–Trinajstić information content (AvgIpc) is 3.15. The summed E-state index contributed by atoms with van der Waals surface area (Å²) in [6.07, 6.45) is 0. The molecule has 0 fully saturated rings. The van der Waals surface area contributed by atoms with Gasteiger partial charge in [-0.15, -0.1) is 0 Å². The van der Waals surface area contributed by atoms with Crippen LogP contribution >= 0.6 is 0 Å². The summed E-state index contributed by atoms with van der Waals surface area (Å²) in [5.74, 6) is -0.347. The standard InChI is InChI=1S/C22H19N3O4S/c1-3-30(27,28)17-11-9-16(10-12-17)23-21(26)18-13-19(15-7-5-4-6-8-15)24-22-20(18)14(2)25-29-22/h4-13H,3H2,1-2H3,(H,23,26). The molecule has 0 aliphatic rings. The Hall–Kier alpha value is -3.52. The largest absolute Gasteiger partial charge is 0.335 e. The fourth-order valence-corrected chi connectivity index (χ4v) is 4.03. The molecule has 1 N–H and O–H groups in total. The number of aryl methyl sites for hydroxylation is 1. The first kappa shape index (κ1) is 19.8. The number of sulfone groups is 1. The minimum Gasteiger partial charge on any atom is -0.335 e. The second-order valence-corrected chi connectivity index (χ2v) is 9.03. The Balaban J connectivity index is 1.71. The van der Waals surface area contributed by atoms with Crippen molar-refractivity contribution in [2.24, 2.45) is 0 Å². The van der Waals surface area contributed by atoms with E-state index in [0.717, 1.165) is 5.56 Å². The summed E-state index contributed by atoms with van der Waals surface area (Å²) in [4.78, 5) is 17.8. The lowest BCUT2D eigenvalue weighted by Gasteiger charge is -2.09. The van der Waals surface area contributed by atoms with Gasteiger partial charge in [0.2, 0.25) is 0 Å². The summed E-state index contributed by atoms with van der Waals surface area (Å²) in [6.45, 7) is 3.34. The number of amides is 1. The van der Waals surface area contributed by atoms with Crippen molar-refractivity contribution in [1.82, 2.24) is 10.1 Å². The summed E-state index contributed by atoms with van der Waals surface area (Å²) >= 11 is 0. The number of carbonyl (C=O) groups is 1. The van der Waals surface area contributed by atoms with E-state index in [4.69, 9.17) is 4.52 Å². The van der Waals surface area contributed by atoms with Gasteiger partial charge in [-0.3, -0.25) is 4.79 Å². The molecule has 0 spiro atoms. The van der Waals surface area contributed by atoms with Gasteiger partial charge in [0.1, 0.15) is 0 Å². The van der Waals surface area contributed by atoms with E-state index in [1.165, 1.54) is 12.1 Å². The van der Waals surface area contributed by atoms with Crippen LogP contribution in [0.15, 0.2) is 70.1 Å². The molecule has 0 aliphatic heterocycles. The van der Waals surface area contributed by atoms with Crippen molar-refractivity contribution in [2.75, 3.05) is 11.1 Å². The molecule has 2 aromatic carbocycles. The Morgan fingerprint density at radius 2 is 1.77 bits per heavy atom. The van der Waals surface area contributed by atoms with Gasteiger partial charge in [-0.05, 0) is 37.3 Å². The third-order valence-electron chi connectivity index (χ3n) is 4.78. The summed E-state index contributed by atoms with van der Waals surface area (Å²) in [5.41, 5.74) is 3.14. The molecule has 1 amide bonds. The monoisotopic (exact) mass is 421 g/mol. The smallest absolute Gasteiger partial charge is 0.259 e. The second kappa shape index (κ2) is 7.72. The van der Waals surface area contributed by atoms with Crippen molar-refractivity contribution in [1.29, 1.82) is 0 Å². The Kier molecular flexibility index (Phi) is 5.09. The van der Waals surface area contributed by atoms with Crippen LogP contribution in [0.25, 0.3) is 22.4 Å². The fraction of sp³-hybridized carbons (Fsp3) is 0.136. The molecule has 30 heavy (non-hydrogen) atoms. The van der Waals surface area contributed by atoms with E-state index in [2.05, 4.69) is 15.5 Å². The molecule has 4 rings (SSSR count). The summed E-state index contributed by atoms with van der Waals surface area (Å²) in [5, 5.41) is 7.30. The molecule has 2 aromatic heterocycles. The molecular weight excluding hydrogens is 402 g/mol. The predicted molar refractivity (Wildman–Crippen MR) is 114 cm³/mol. The molecule has 0 unspecified atom stereocenters. The van der Waals surface area contributed by atoms with Gasteiger partial charge in [-0.25, -0.2) is 13.4 Å². The van der Waals surface area contributed by atoms with Crippen LogP contribution in [0, 0.1) is 6.92 Å². The Morgan fingerprint density at radius 1 is 1.07 bits per heavy atom. The zero-order valence-electron chi connectivity index (χ0n) is 16.4. The molecule has 4 aromatic rings. The first-order chi connectivity index (χ1) is 14.4. The van der Waals surface area contributed by atoms with Gasteiger partial charge in [0.15, 0.2) is 9.84 Å². The molecule has 2 heterocycles. The molecule has 0 atom stereocenters. The molecule has 0 saturated heterocycles. The number of rotatable bonds is 5. The highest BCUT2D eigenvalue weighted by Crippen LogP contribution is 2.28. The lowest BCUT2D eigenvalue weighted by Crippen LogP contribution is -2.13. The summed E-state index contributed by atoms with van der Waals surface area (Å²) in [7, 11) is -3.30. The molecular formula is C22H19N3O4S. The van der Waals surface area contributed by atoms with Gasteiger partial charge in [0.25, 0.3) is 11.6 Å². The SMILES string of the molecule is CCS(=O)(=O)c1ccc(NC(=O)c2cc(-c3ccccc3)nc3onc(C)c23)cc1. The normalized spacial score (nSPS) is 11.5. The van der Waals surface area contributed by atoms with Crippen molar-refractivity contribution >= 4 is 32.5 Å². The maximum atomic E-state index is 13.1. The van der Waals surface area contributed by atoms with Crippen LogP contribution in [0.4, 0.5) is 5.69 Å². The van der Waals surface area contributed by atoms with Crippen LogP contribution in [0.3, 0.4) is 0 Å². The lowest BCUT2D eigenvalue weighted by molar-refractivity contribution is 0.102. The fourth-order valence-electron chi connectivity index (χ4n) is 3.14. The van der Waals surface area contributed by atoms with Crippen LogP contribution in [0.2, 0.25) is 0 Å². The third-order valence-corrected chi connectivity index (χ3v) is 6.53. The van der Waals surface area contributed by atoms with Gasteiger partial charge < -0.3 is 9.84 Å². The van der Waals surface area contributed by atoms with Gasteiger partial charge in [-0.1, -0.05) is 42.4 Å². The number of pyridine rings is 1. The van der Waals surface area contributed by atoms with Crippen LogP contribution in [-0.4, -0.2) is 30.2 Å². The highest BCUT2D eigenvalue weighted by atomic mass is 32.2. The maximum Gasteiger partial charge on any atom is 0.259 e. The highest BCUT2D eigenvalue weighted by Gasteiger charge is 2.20. The van der Waals surface area contributed by atoms with Crippen molar-refractivity contribution in [3.8, 4) is 11.3 Å². The van der Waals surface area contributed by atoms with Gasteiger partial charge in [0.05, 0.1) is 33.0 Å². The van der Waals surface area contributed by atoms with Crippen molar-refractivity contribution in [3.63, 3.8) is 0 Å². The third kappa shape index (κ3) is 3.69. The minimum absolute atomic E-state index is 0.0166. The van der Waals surface area contributed by atoms with Crippen LogP contribution in [0.1, 0.15) is 23.0 Å². The highest BCUT2D eigenvalue weighted by molar-refractivity contribution is 7.91. The summed E-state index contributed by atoms with van der Waals surface area (Å²) in [6, 6.07) is 17.3. The zero-order chi connectivity index (χ0) is 21.3. The van der Waals surface area contributed by atoms with E-state index in [1.807, 2.05) is 30.3 Å². The number of fused-ring (bicyclic) bond motifs is 1. The first-order valence-electron chi connectivity index (χ1n) is 9.35. The van der Waals surface area contributed by atoms with E-state index in [0.29, 0.717) is 28.0 Å². The quantitative estimate of drug-likeness (QED) is 0.517. The number of anilines is 1. The minimum atomic E-state index is -3.30. The van der Waals surface area contributed by atoms with Crippen molar-refractivity contribution in [2.45, 2.75) is 18.7 Å². The lowest BCUT2D eigenvalue weighted by atomic mass is 10.1. The van der Waals surface area contributed by atoms with Gasteiger partial charge in [0, 0.05) is 11.3 Å². The molecule has 7 nitrogen and oxygen atoms in total. The van der Waals surface area contributed by atoms with E-state index in [1.54, 1.807) is 32.0 Å². The number of nitrogens with zero attached hydrogens (tertiary/aromatic N) is 2. The Labute approximate surface area is 173 Å². The Bertz CT molecular complexity index is 1330. The molecule has 0 saturated carbocycles. The number of carbonyl (C=O) groups excluding carboxylic acids is 1. The van der Waals surface area contributed by atoms with Crippen molar-refractivity contribution < 1.29 is 17.7 Å². The van der Waals surface area contributed by atoms with E-state index in [9.17, 15) is 13.2 Å². The molecule has 8 heteroatoms. The number of hydrogen-bond acceptors (Lipinski definition) is 6. The summed E-state index contributed by atoms with van der Waals surface area (Å²) < 4.78 is 29.3. The molecule has 0 radical (unpaired) electrons. The Morgan fingerprint density at radius 3 is 2.43 bits per heavy atom. The second-order valence-electron chi connectivity index (χ2n) is 6.75. The van der Waals surface area contributed by atoms with E-state index in [-0.39, 0.29) is 22.3 Å². The van der Waals surface area contributed by atoms with E-state index < -0.39 is 9.84 Å². The zero-order valence-corrected chi connectivity index (χ0v) is 17.2. The van der Waals surface area contributed by atoms with Gasteiger partial charge in [-0.2, -0.15) is 0 Å². The number of nitrogens with one attached hydrogen (secondary N) is 1. The maximum absolute atomic E-state index is 13.1. The van der Waals surface area contributed by atoms with Crippen molar-refractivity contribution in [3.05, 3.63) is 71.9 Å². The van der Waals surface area contributed by atoms with Crippen LogP contribution < -0.4 is 5.32 Å². The molecule has 0 bridgehead atoms.